The molecule has 0 aromatic carbocycles. The van der Waals surface area contributed by atoms with E-state index >= 15 is 0 Å². The maximum Gasteiger partial charge on any atom is 0.264 e. The van der Waals surface area contributed by atoms with Crippen molar-refractivity contribution < 1.29 is 9.59 Å². The van der Waals surface area contributed by atoms with Gasteiger partial charge in [0.05, 0.1) is 11.4 Å². The van der Waals surface area contributed by atoms with Crippen molar-refractivity contribution in [1.29, 1.82) is 0 Å². The molecule has 6 heteroatoms. The van der Waals surface area contributed by atoms with Gasteiger partial charge in [0, 0.05) is 26.2 Å². The van der Waals surface area contributed by atoms with E-state index in [2.05, 4.69) is 4.90 Å². The molecule has 2 amide bonds. The summed E-state index contributed by atoms with van der Waals surface area (Å²) in [4.78, 5) is 31.6. The van der Waals surface area contributed by atoms with Crippen LogP contribution in [0.1, 0.15) is 35.4 Å². The Morgan fingerprint density at radius 3 is 2.17 bits per heavy atom. The van der Waals surface area contributed by atoms with E-state index in [4.69, 9.17) is 0 Å². The Kier molecular flexibility index (Phi) is 5.67. The summed E-state index contributed by atoms with van der Waals surface area (Å²) in [6.07, 6.45) is 4.98. The van der Waals surface area contributed by atoms with Gasteiger partial charge < -0.3 is 9.80 Å². The van der Waals surface area contributed by atoms with Crippen LogP contribution in [0.5, 0.6) is 0 Å². The Bertz CT molecular complexity index is 516. The van der Waals surface area contributed by atoms with E-state index in [1.807, 2.05) is 27.3 Å². The van der Waals surface area contributed by atoms with Gasteiger partial charge in [0.15, 0.2) is 0 Å². The second-order valence-corrected chi connectivity index (χ2v) is 7.29. The average Bonchev–Trinajstić information content (AvgIpc) is 3.00. The molecule has 0 unspecified atom stereocenters. The number of hydrogen-bond acceptors (Lipinski definition) is 4. The summed E-state index contributed by atoms with van der Waals surface area (Å²) in [6.45, 7) is 5.22. The summed E-state index contributed by atoms with van der Waals surface area (Å²) in [5.74, 6) is 0.315. The zero-order valence-corrected chi connectivity index (χ0v) is 14.4. The predicted octanol–water partition coefficient (Wildman–Crippen LogP) is 1.91. The Morgan fingerprint density at radius 2 is 1.57 bits per heavy atom. The summed E-state index contributed by atoms with van der Waals surface area (Å²) >= 11 is 1.48. The van der Waals surface area contributed by atoms with Gasteiger partial charge in [-0.15, -0.1) is 11.3 Å². The first-order valence-electron chi connectivity index (χ1n) is 8.57. The molecule has 3 rings (SSSR count). The molecule has 5 nitrogen and oxygen atoms in total. The standard InChI is InChI=1S/C17H25N3O2S/c21-16(14-18-7-3-1-2-4-8-18)19-9-11-20(12-10-19)17(22)15-6-5-13-23-15/h5-6,13H,1-4,7-12,14H2. The van der Waals surface area contributed by atoms with Crippen molar-refractivity contribution in [1.82, 2.24) is 14.7 Å². The van der Waals surface area contributed by atoms with Crippen molar-refractivity contribution in [3.8, 4) is 0 Å². The zero-order chi connectivity index (χ0) is 16.1. The Labute approximate surface area is 141 Å². The molecule has 0 radical (unpaired) electrons. The van der Waals surface area contributed by atoms with E-state index in [-0.39, 0.29) is 11.8 Å². The third-order valence-corrected chi connectivity index (χ3v) is 5.57. The average molecular weight is 335 g/mol. The number of carbonyl (C=O) groups is 2. The number of nitrogens with zero attached hydrogens (tertiary/aromatic N) is 3. The number of carbonyl (C=O) groups excluding carboxylic acids is 2. The maximum absolute atomic E-state index is 12.5. The fourth-order valence-electron chi connectivity index (χ4n) is 3.30. The Morgan fingerprint density at radius 1 is 0.913 bits per heavy atom. The fraction of sp³-hybridized carbons (Fsp3) is 0.647. The van der Waals surface area contributed by atoms with Gasteiger partial charge in [-0.25, -0.2) is 0 Å². The molecule has 1 aromatic heterocycles. The molecule has 23 heavy (non-hydrogen) atoms. The highest BCUT2D eigenvalue weighted by atomic mass is 32.1. The molecule has 2 fully saturated rings. The number of thiophene rings is 1. The Balaban J connectivity index is 1.46. The lowest BCUT2D eigenvalue weighted by molar-refractivity contribution is -0.133. The summed E-state index contributed by atoms with van der Waals surface area (Å²) < 4.78 is 0. The van der Waals surface area contributed by atoms with Gasteiger partial charge in [-0.05, 0) is 37.4 Å². The minimum Gasteiger partial charge on any atom is -0.338 e. The van der Waals surface area contributed by atoms with E-state index in [0.717, 1.165) is 18.0 Å². The van der Waals surface area contributed by atoms with Gasteiger partial charge in [-0.1, -0.05) is 18.9 Å². The highest BCUT2D eigenvalue weighted by Gasteiger charge is 2.26. The molecule has 2 aliphatic rings. The molecule has 0 spiro atoms. The summed E-state index contributed by atoms with van der Waals surface area (Å²) in [6, 6.07) is 3.77. The van der Waals surface area contributed by atoms with Crippen LogP contribution in [0.25, 0.3) is 0 Å². The molecule has 3 heterocycles. The second-order valence-electron chi connectivity index (χ2n) is 6.34. The lowest BCUT2D eigenvalue weighted by atomic mass is 10.2. The van der Waals surface area contributed by atoms with Crippen molar-refractivity contribution in [2.45, 2.75) is 25.7 Å². The van der Waals surface area contributed by atoms with Crippen molar-refractivity contribution >= 4 is 23.2 Å². The molecule has 0 N–H and O–H groups in total. The normalized spacial score (nSPS) is 20.3. The molecule has 0 aliphatic carbocycles. The third-order valence-electron chi connectivity index (χ3n) is 4.71. The van der Waals surface area contributed by atoms with Crippen LogP contribution in [-0.2, 0) is 4.79 Å². The monoisotopic (exact) mass is 335 g/mol. The van der Waals surface area contributed by atoms with Crippen molar-refractivity contribution in [3.05, 3.63) is 22.4 Å². The van der Waals surface area contributed by atoms with Gasteiger partial charge in [-0.3, -0.25) is 14.5 Å². The Hall–Kier alpha value is -1.40. The highest BCUT2D eigenvalue weighted by Crippen LogP contribution is 2.14. The molecule has 2 aliphatic heterocycles. The van der Waals surface area contributed by atoms with Gasteiger partial charge in [0.1, 0.15) is 0 Å². The topological polar surface area (TPSA) is 43.9 Å². The number of piperazine rings is 1. The number of likely N-dealkylation sites (tertiary alicyclic amines) is 1. The molecule has 0 atom stereocenters. The van der Waals surface area contributed by atoms with Crippen LogP contribution < -0.4 is 0 Å². The van der Waals surface area contributed by atoms with Crippen LogP contribution in [0.4, 0.5) is 0 Å². The molecular formula is C17H25N3O2S. The van der Waals surface area contributed by atoms with Crippen LogP contribution in [0.3, 0.4) is 0 Å². The minimum atomic E-state index is 0.0969. The predicted molar refractivity (Wildman–Crippen MR) is 91.7 cm³/mol. The quantitative estimate of drug-likeness (QED) is 0.847. The number of rotatable bonds is 3. The first-order valence-corrected chi connectivity index (χ1v) is 9.45. The molecule has 2 saturated heterocycles. The zero-order valence-electron chi connectivity index (χ0n) is 13.6. The van der Waals surface area contributed by atoms with Gasteiger partial charge in [0.2, 0.25) is 5.91 Å². The highest BCUT2D eigenvalue weighted by molar-refractivity contribution is 7.12. The van der Waals surface area contributed by atoms with E-state index in [1.54, 1.807) is 0 Å². The summed E-state index contributed by atoms with van der Waals surface area (Å²) in [7, 11) is 0. The van der Waals surface area contributed by atoms with Crippen LogP contribution in [0.15, 0.2) is 17.5 Å². The van der Waals surface area contributed by atoms with Gasteiger partial charge >= 0.3 is 0 Å². The smallest absolute Gasteiger partial charge is 0.264 e. The molecular weight excluding hydrogens is 310 g/mol. The molecule has 0 saturated carbocycles. The maximum atomic E-state index is 12.5. The summed E-state index contributed by atoms with van der Waals surface area (Å²) in [5, 5.41) is 1.92. The lowest BCUT2D eigenvalue weighted by Crippen LogP contribution is -2.52. The molecule has 126 valence electrons. The SMILES string of the molecule is O=C(CN1CCCCCC1)N1CCN(C(=O)c2cccs2)CC1. The number of hydrogen-bond donors (Lipinski definition) is 0. The van der Waals surface area contributed by atoms with E-state index in [1.165, 1.54) is 37.0 Å². The van der Waals surface area contributed by atoms with Gasteiger partial charge in [0.25, 0.3) is 5.91 Å². The van der Waals surface area contributed by atoms with Crippen LogP contribution >= 0.6 is 11.3 Å². The van der Waals surface area contributed by atoms with E-state index < -0.39 is 0 Å². The van der Waals surface area contributed by atoms with E-state index in [0.29, 0.717) is 32.7 Å². The van der Waals surface area contributed by atoms with Crippen molar-refractivity contribution in [2.75, 3.05) is 45.8 Å². The lowest BCUT2D eigenvalue weighted by Gasteiger charge is -2.35. The first-order chi connectivity index (χ1) is 11.2. The van der Waals surface area contributed by atoms with Crippen molar-refractivity contribution in [2.24, 2.45) is 0 Å². The van der Waals surface area contributed by atoms with Crippen molar-refractivity contribution in [3.63, 3.8) is 0 Å². The number of amides is 2. The summed E-state index contributed by atoms with van der Waals surface area (Å²) in [5.41, 5.74) is 0. The second kappa shape index (κ2) is 7.93. The van der Waals surface area contributed by atoms with Crippen LogP contribution in [-0.4, -0.2) is 72.3 Å². The molecule has 0 bridgehead atoms. The molecule has 1 aromatic rings. The first kappa shape index (κ1) is 16.5. The van der Waals surface area contributed by atoms with Crippen LogP contribution in [0, 0.1) is 0 Å². The third kappa shape index (κ3) is 4.32. The van der Waals surface area contributed by atoms with Crippen LogP contribution in [0.2, 0.25) is 0 Å². The fourth-order valence-corrected chi connectivity index (χ4v) is 3.99. The van der Waals surface area contributed by atoms with Gasteiger partial charge in [-0.2, -0.15) is 0 Å². The largest absolute Gasteiger partial charge is 0.338 e. The minimum absolute atomic E-state index is 0.0969. The van der Waals surface area contributed by atoms with E-state index in [9.17, 15) is 9.59 Å².